The summed E-state index contributed by atoms with van der Waals surface area (Å²) >= 11 is 0.887. The van der Waals surface area contributed by atoms with E-state index in [1.807, 2.05) is 0 Å². The molecule has 1 aliphatic rings. The first kappa shape index (κ1) is 24.3. The normalized spacial score (nSPS) is 16.9. The van der Waals surface area contributed by atoms with E-state index in [4.69, 9.17) is 14.7 Å². The Morgan fingerprint density at radius 1 is 1.06 bits per heavy atom. The molecule has 33 heavy (non-hydrogen) atoms. The topological polar surface area (TPSA) is 80.2 Å². The molecule has 176 valence electrons. The average molecular weight is 492 g/mol. The Balaban J connectivity index is 1.84. The summed E-state index contributed by atoms with van der Waals surface area (Å²) < 4.78 is 88.9. The molecule has 1 saturated heterocycles. The number of amidine groups is 1. The predicted octanol–water partition coefficient (Wildman–Crippen LogP) is 5.26. The second kappa shape index (κ2) is 9.25. The van der Waals surface area contributed by atoms with Gasteiger partial charge in [-0.2, -0.15) is 26.3 Å². The van der Waals surface area contributed by atoms with Crippen LogP contribution in [-0.2, 0) is 23.8 Å². The van der Waals surface area contributed by atoms with Gasteiger partial charge >= 0.3 is 12.4 Å². The number of nitrogens with zero attached hydrogens (tertiary/aromatic N) is 1. The lowest BCUT2D eigenvalue weighted by Crippen LogP contribution is -2.19. The minimum atomic E-state index is -5.02. The number of oxime groups is 1. The van der Waals surface area contributed by atoms with E-state index >= 15 is 0 Å². The number of hydrogen-bond donors (Lipinski definition) is 2. The van der Waals surface area contributed by atoms with E-state index in [1.165, 1.54) is 31.4 Å². The van der Waals surface area contributed by atoms with Gasteiger partial charge in [0.25, 0.3) is 5.91 Å². The second-order valence-corrected chi connectivity index (χ2v) is 7.57. The zero-order chi connectivity index (χ0) is 24.4. The molecule has 0 aliphatic carbocycles. The van der Waals surface area contributed by atoms with Crippen molar-refractivity contribution < 1.29 is 45.8 Å². The van der Waals surface area contributed by atoms with Crippen molar-refractivity contribution in [3.8, 4) is 11.5 Å². The first-order valence-corrected chi connectivity index (χ1v) is 9.75. The predicted molar refractivity (Wildman–Crippen MR) is 107 cm³/mol. The molecule has 0 unspecified atom stereocenters. The summed E-state index contributed by atoms with van der Waals surface area (Å²) in [6.45, 7) is -0.668. The summed E-state index contributed by atoms with van der Waals surface area (Å²) in [5.74, 6) is -0.341. The number of nitrogens with one attached hydrogen (secondary N) is 1. The Morgan fingerprint density at radius 3 is 2.36 bits per heavy atom. The molecule has 1 amide bonds. The van der Waals surface area contributed by atoms with Crippen LogP contribution in [0, 0.1) is 0 Å². The van der Waals surface area contributed by atoms with Gasteiger partial charge in [0.15, 0.2) is 11.5 Å². The molecule has 0 saturated carbocycles. The first-order chi connectivity index (χ1) is 15.4. The van der Waals surface area contributed by atoms with Crippen LogP contribution in [0.3, 0.4) is 0 Å². The van der Waals surface area contributed by atoms with Crippen LogP contribution in [0.1, 0.15) is 22.3 Å². The fraction of sp³-hybridized carbons (Fsp3) is 0.200. The average Bonchev–Trinajstić information content (AvgIpc) is 3.10. The van der Waals surface area contributed by atoms with Crippen molar-refractivity contribution in [1.82, 2.24) is 5.32 Å². The molecule has 13 heteroatoms. The Morgan fingerprint density at radius 2 is 1.79 bits per heavy atom. The molecule has 0 radical (unpaired) electrons. The Hall–Kier alpha value is -3.35. The van der Waals surface area contributed by atoms with E-state index in [1.54, 1.807) is 0 Å². The maximum absolute atomic E-state index is 13.3. The number of carbonyl (C=O) groups excluding carboxylic acids is 1. The van der Waals surface area contributed by atoms with Crippen LogP contribution in [0.25, 0.3) is 6.08 Å². The quantitative estimate of drug-likeness (QED) is 0.258. The molecule has 6 nitrogen and oxygen atoms in total. The SMILES string of the molecule is COc1cc(/C=C2\S/C(=N/O)NC2=O)ccc1OCc1ccc(C(F)(F)F)cc1C(F)(F)F. The van der Waals surface area contributed by atoms with Gasteiger partial charge < -0.3 is 14.7 Å². The lowest BCUT2D eigenvalue weighted by Gasteiger charge is -2.17. The summed E-state index contributed by atoms with van der Waals surface area (Å²) in [5, 5.41) is 13.9. The van der Waals surface area contributed by atoms with Gasteiger partial charge in [0.1, 0.15) is 6.61 Å². The highest BCUT2D eigenvalue weighted by Gasteiger charge is 2.38. The van der Waals surface area contributed by atoms with Crippen molar-refractivity contribution in [2.24, 2.45) is 5.16 Å². The lowest BCUT2D eigenvalue weighted by molar-refractivity contribution is -0.143. The molecule has 1 fully saturated rings. The van der Waals surface area contributed by atoms with Gasteiger partial charge in [0.2, 0.25) is 5.17 Å². The van der Waals surface area contributed by atoms with Crippen LogP contribution in [0.4, 0.5) is 26.3 Å². The van der Waals surface area contributed by atoms with E-state index < -0.39 is 41.6 Å². The van der Waals surface area contributed by atoms with Crippen LogP contribution >= 0.6 is 11.8 Å². The number of thioether (sulfide) groups is 1. The fourth-order valence-corrected chi connectivity index (χ4v) is 3.55. The summed E-state index contributed by atoms with van der Waals surface area (Å²) in [7, 11) is 1.28. The first-order valence-electron chi connectivity index (χ1n) is 8.93. The van der Waals surface area contributed by atoms with E-state index in [0.29, 0.717) is 17.7 Å². The van der Waals surface area contributed by atoms with Gasteiger partial charge in [-0.3, -0.25) is 10.1 Å². The summed E-state index contributed by atoms with van der Waals surface area (Å²) in [6.07, 6.45) is -8.48. The number of alkyl halides is 6. The molecule has 3 rings (SSSR count). The molecule has 2 aromatic carbocycles. The minimum Gasteiger partial charge on any atom is -0.493 e. The standard InChI is InChI=1S/C20H14F6N2O4S/c1-31-15-6-10(7-16-17(29)27-18(28-30)33-16)2-5-14(15)32-9-11-3-4-12(19(21,22)23)8-13(11)20(24,25)26/h2-8,30H,9H2,1H3,(H,27,28,29)/b16-7-. The minimum absolute atomic E-state index is 0.00446. The number of benzene rings is 2. The Kier molecular flexibility index (Phi) is 6.81. The third-order valence-corrected chi connectivity index (χ3v) is 5.25. The number of carbonyl (C=O) groups is 1. The number of amides is 1. The zero-order valence-electron chi connectivity index (χ0n) is 16.5. The molecular formula is C20H14F6N2O4S. The molecule has 2 N–H and O–H groups in total. The van der Waals surface area contributed by atoms with Crippen molar-refractivity contribution >= 4 is 28.9 Å². The molecule has 1 aliphatic heterocycles. The summed E-state index contributed by atoms with van der Waals surface area (Å²) in [6, 6.07) is 5.62. The van der Waals surface area contributed by atoms with E-state index in [9.17, 15) is 31.1 Å². The number of methoxy groups -OCH3 is 1. The van der Waals surface area contributed by atoms with Crippen molar-refractivity contribution in [2.45, 2.75) is 19.0 Å². The number of hydrogen-bond acceptors (Lipinski definition) is 6. The van der Waals surface area contributed by atoms with Gasteiger partial charge in [-0.15, -0.1) is 0 Å². The smallest absolute Gasteiger partial charge is 0.416 e. The number of halogens is 6. The molecule has 0 atom stereocenters. The van der Waals surface area contributed by atoms with Crippen LogP contribution in [0.5, 0.6) is 11.5 Å². The van der Waals surface area contributed by atoms with Crippen LogP contribution in [0.15, 0.2) is 46.5 Å². The third kappa shape index (κ3) is 5.72. The molecule has 0 spiro atoms. The van der Waals surface area contributed by atoms with Crippen LogP contribution < -0.4 is 14.8 Å². The lowest BCUT2D eigenvalue weighted by atomic mass is 10.0. The highest BCUT2D eigenvalue weighted by atomic mass is 32.2. The van der Waals surface area contributed by atoms with Gasteiger partial charge in [-0.05, 0) is 47.7 Å². The molecule has 1 heterocycles. The van der Waals surface area contributed by atoms with Gasteiger partial charge in [-0.25, -0.2) is 0 Å². The largest absolute Gasteiger partial charge is 0.493 e. The molecule has 2 aromatic rings. The highest BCUT2D eigenvalue weighted by molar-refractivity contribution is 8.18. The molecular weight excluding hydrogens is 478 g/mol. The van der Waals surface area contributed by atoms with Crippen LogP contribution in [-0.4, -0.2) is 23.4 Å². The Labute approximate surface area is 186 Å². The van der Waals surface area contributed by atoms with Gasteiger partial charge in [0.05, 0.1) is 23.1 Å². The number of rotatable bonds is 5. The van der Waals surface area contributed by atoms with E-state index in [-0.39, 0.29) is 27.6 Å². The molecule has 0 aromatic heterocycles. The summed E-state index contributed by atoms with van der Waals surface area (Å²) in [5.41, 5.74) is -2.89. The van der Waals surface area contributed by atoms with E-state index in [2.05, 4.69) is 10.5 Å². The van der Waals surface area contributed by atoms with Gasteiger partial charge in [0, 0.05) is 5.56 Å². The van der Waals surface area contributed by atoms with Crippen molar-refractivity contribution in [1.29, 1.82) is 0 Å². The summed E-state index contributed by atoms with van der Waals surface area (Å²) in [4.78, 5) is 12.0. The monoisotopic (exact) mass is 492 g/mol. The highest BCUT2D eigenvalue weighted by Crippen LogP contribution is 2.38. The van der Waals surface area contributed by atoms with Crippen molar-refractivity contribution in [3.05, 3.63) is 63.6 Å². The third-order valence-electron chi connectivity index (χ3n) is 4.35. The fourth-order valence-electron chi connectivity index (χ4n) is 2.82. The van der Waals surface area contributed by atoms with E-state index in [0.717, 1.165) is 11.8 Å². The molecule has 0 bridgehead atoms. The van der Waals surface area contributed by atoms with Crippen LogP contribution in [0.2, 0.25) is 0 Å². The van der Waals surface area contributed by atoms with Gasteiger partial charge in [-0.1, -0.05) is 17.3 Å². The Bertz CT molecular complexity index is 1130. The van der Waals surface area contributed by atoms with Crippen molar-refractivity contribution in [2.75, 3.05) is 7.11 Å². The maximum atomic E-state index is 13.3. The van der Waals surface area contributed by atoms with Crippen molar-refractivity contribution in [3.63, 3.8) is 0 Å². The maximum Gasteiger partial charge on any atom is 0.416 e. The zero-order valence-corrected chi connectivity index (χ0v) is 17.4. The second-order valence-electron chi connectivity index (χ2n) is 6.54. The number of ether oxygens (including phenoxy) is 2.